The van der Waals surface area contributed by atoms with E-state index in [0.717, 1.165) is 6.08 Å². The van der Waals surface area contributed by atoms with Gasteiger partial charge in [-0.15, -0.1) is 0 Å². The monoisotopic (exact) mass is 293 g/mol. The van der Waals surface area contributed by atoms with Crippen LogP contribution in [0.3, 0.4) is 0 Å². The first-order valence-electron chi connectivity index (χ1n) is 5.88. The van der Waals surface area contributed by atoms with Crippen LogP contribution in [-0.2, 0) is 19.1 Å². The first kappa shape index (κ1) is 16.2. The minimum absolute atomic E-state index is 0.119. The third kappa shape index (κ3) is 4.34. The molecule has 0 amide bonds. The topological polar surface area (TPSA) is 102 Å². The number of hydrogen-bond acceptors (Lipinski definition) is 6. The molecule has 0 heterocycles. The zero-order chi connectivity index (χ0) is 16.0. The normalized spacial score (nSPS) is 10.7. The van der Waals surface area contributed by atoms with E-state index in [1.807, 2.05) is 0 Å². The number of benzene rings is 1. The maximum Gasteiger partial charge on any atom is 0.354 e. The Hall–Kier alpha value is -2.83. The highest BCUT2D eigenvalue weighted by molar-refractivity contribution is 5.99. The number of ether oxygens (including phenoxy) is 2. The van der Waals surface area contributed by atoms with E-state index in [1.165, 1.54) is 32.4 Å². The molecule has 0 aliphatic carbocycles. The lowest BCUT2D eigenvalue weighted by atomic mass is 10.1. The molecule has 2 N–H and O–H groups in total. The van der Waals surface area contributed by atoms with Gasteiger partial charge in [0.15, 0.2) is 0 Å². The van der Waals surface area contributed by atoms with Gasteiger partial charge < -0.3 is 19.9 Å². The van der Waals surface area contributed by atoms with Gasteiger partial charge in [-0.1, -0.05) is 0 Å². The van der Waals surface area contributed by atoms with Crippen molar-refractivity contribution in [2.45, 2.75) is 6.92 Å². The van der Waals surface area contributed by atoms with Gasteiger partial charge in [-0.25, -0.2) is 14.4 Å². The van der Waals surface area contributed by atoms with Gasteiger partial charge in [-0.2, -0.15) is 0 Å². The molecule has 0 atom stereocenters. The van der Waals surface area contributed by atoms with Crippen LogP contribution in [0.15, 0.2) is 30.0 Å². The highest BCUT2D eigenvalue weighted by atomic mass is 16.5. The van der Waals surface area contributed by atoms with E-state index < -0.39 is 17.9 Å². The Morgan fingerprint density at radius 3 is 2.33 bits per heavy atom. The molecule has 0 aliphatic rings. The van der Waals surface area contributed by atoms with Crippen molar-refractivity contribution in [2.75, 3.05) is 19.5 Å². The molecule has 0 aliphatic heterocycles. The Kier molecular flexibility index (Phi) is 5.48. The van der Waals surface area contributed by atoms with Crippen molar-refractivity contribution in [3.8, 4) is 0 Å². The summed E-state index contributed by atoms with van der Waals surface area (Å²) < 4.78 is 9.00. The van der Waals surface area contributed by atoms with Crippen molar-refractivity contribution in [1.82, 2.24) is 0 Å². The van der Waals surface area contributed by atoms with Gasteiger partial charge in [0, 0.05) is 5.69 Å². The second-order valence-electron chi connectivity index (χ2n) is 4.03. The zero-order valence-corrected chi connectivity index (χ0v) is 11.8. The number of carboxylic acids is 1. The maximum absolute atomic E-state index is 11.6. The molecule has 0 aromatic heterocycles. The summed E-state index contributed by atoms with van der Waals surface area (Å²) in [5, 5.41) is 11.6. The van der Waals surface area contributed by atoms with Crippen LogP contribution in [0.5, 0.6) is 0 Å². The highest BCUT2D eigenvalue weighted by Crippen LogP contribution is 2.17. The van der Waals surface area contributed by atoms with Crippen molar-refractivity contribution in [1.29, 1.82) is 0 Å². The molecule has 0 bridgehead atoms. The maximum atomic E-state index is 11.6. The first-order valence-corrected chi connectivity index (χ1v) is 5.88. The van der Waals surface area contributed by atoms with E-state index in [1.54, 1.807) is 6.92 Å². The van der Waals surface area contributed by atoms with Gasteiger partial charge in [0.2, 0.25) is 0 Å². The van der Waals surface area contributed by atoms with Gasteiger partial charge in [-0.05, 0) is 30.7 Å². The summed E-state index contributed by atoms with van der Waals surface area (Å²) in [6.07, 6.45) is 0.951. The van der Waals surface area contributed by atoms with Gasteiger partial charge in [0.1, 0.15) is 5.70 Å². The summed E-state index contributed by atoms with van der Waals surface area (Å²) in [5.74, 6) is -2.51. The number of aryl methyl sites for hydroxylation is 1. The second kappa shape index (κ2) is 7.09. The molecule has 0 saturated carbocycles. The van der Waals surface area contributed by atoms with Crippen LogP contribution in [0.1, 0.15) is 15.9 Å². The van der Waals surface area contributed by atoms with Gasteiger partial charge in [0.25, 0.3) is 0 Å². The SMILES string of the molecule is COC(=O)/C=C(/Nc1ccc(C(=O)O)c(C)c1)C(=O)OC. The Morgan fingerprint density at radius 2 is 1.86 bits per heavy atom. The average molecular weight is 293 g/mol. The fraction of sp³-hybridized carbons (Fsp3) is 0.214. The van der Waals surface area contributed by atoms with Gasteiger partial charge in [0.05, 0.1) is 25.9 Å². The average Bonchev–Trinajstić information content (AvgIpc) is 2.45. The molecule has 0 radical (unpaired) electrons. The van der Waals surface area contributed by atoms with Crippen molar-refractivity contribution < 1.29 is 29.0 Å². The number of esters is 2. The third-order valence-corrected chi connectivity index (χ3v) is 2.60. The van der Waals surface area contributed by atoms with Crippen molar-refractivity contribution in [3.05, 3.63) is 41.1 Å². The number of anilines is 1. The van der Waals surface area contributed by atoms with E-state index in [4.69, 9.17) is 5.11 Å². The lowest BCUT2D eigenvalue weighted by Gasteiger charge is -2.10. The number of hydrogen-bond donors (Lipinski definition) is 2. The molecule has 1 rings (SSSR count). The number of carbonyl (C=O) groups is 3. The third-order valence-electron chi connectivity index (χ3n) is 2.60. The van der Waals surface area contributed by atoms with E-state index in [2.05, 4.69) is 14.8 Å². The van der Waals surface area contributed by atoms with Crippen LogP contribution in [0, 0.1) is 6.92 Å². The minimum Gasteiger partial charge on any atom is -0.478 e. The first-order chi connectivity index (χ1) is 9.88. The van der Waals surface area contributed by atoms with Crippen LogP contribution in [0.2, 0.25) is 0 Å². The number of carbonyl (C=O) groups excluding carboxylic acids is 2. The van der Waals surface area contributed by atoms with Crippen molar-refractivity contribution in [2.24, 2.45) is 0 Å². The molecular weight excluding hydrogens is 278 g/mol. The largest absolute Gasteiger partial charge is 0.478 e. The summed E-state index contributed by atoms with van der Waals surface area (Å²) in [7, 11) is 2.35. The number of rotatable bonds is 5. The summed E-state index contributed by atoms with van der Waals surface area (Å²) in [4.78, 5) is 33.7. The molecule has 1 aromatic carbocycles. The summed E-state index contributed by atoms with van der Waals surface area (Å²) >= 11 is 0. The number of nitrogens with one attached hydrogen (secondary N) is 1. The number of carboxylic acid groups (broad SMARTS) is 1. The Labute approximate surface area is 121 Å². The molecule has 0 unspecified atom stereocenters. The fourth-order valence-corrected chi connectivity index (χ4v) is 1.57. The lowest BCUT2D eigenvalue weighted by molar-refractivity contribution is -0.138. The minimum atomic E-state index is -1.04. The molecule has 0 fully saturated rings. The van der Waals surface area contributed by atoms with E-state index in [0.29, 0.717) is 11.3 Å². The molecule has 112 valence electrons. The predicted octanol–water partition coefficient (Wildman–Crippen LogP) is 1.34. The summed E-state index contributed by atoms with van der Waals surface area (Å²) in [6, 6.07) is 4.41. The molecule has 0 saturated heterocycles. The fourth-order valence-electron chi connectivity index (χ4n) is 1.57. The number of aromatic carboxylic acids is 1. The van der Waals surface area contributed by atoms with Gasteiger partial charge >= 0.3 is 17.9 Å². The zero-order valence-electron chi connectivity index (χ0n) is 11.8. The number of methoxy groups -OCH3 is 2. The van der Waals surface area contributed by atoms with Crippen LogP contribution >= 0.6 is 0 Å². The predicted molar refractivity (Wildman–Crippen MR) is 73.9 cm³/mol. The van der Waals surface area contributed by atoms with Crippen molar-refractivity contribution >= 4 is 23.6 Å². The molecular formula is C14H15NO6. The van der Waals surface area contributed by atoms with E-state index >= 15 is 0 Å². The molecule has 7 nitrogen and oxygen atoms in total. The van der Waals surface area contributed by atoms with Crippen LogP contribution in [0.25, 0.3) is 0 Å². The smallest absolute Gasteiger partial charge is 0.354 e. The van der Waals surface area contributed by atoms with E-state index in [9.17, 15) is 14.4 Å². The Balaban J connectivity index is 3.07. The second-order valence-corrected chi connectivity index (χ2v) is 4.03. The Bertz CT molecular complexity index is 605. The van der Waals surface area contributed by atoms with Crippen LogP contribution in [-0.4, -0.2) is 37.2 Å². The lowest BCUT2D eigenvalue weighted by Crippen LogP contribution is -2.15. The quantitative estimate of drug-likeness (QED) is 0.623. The van der Waals surface area contributed by atoms with Crippen LogP contribution < -0.4 is 5.32 Å². The summed E-state index contributed by atoms with van der Waals surface area (Å²) in [6.45, 7) is 1.62. The highest BCUT2D eigenvalue weighted by Gasteiger charge is 2.14. The Morgan fingerprint density at radius 1 is 1.19 bits per heavy atom. The van der Waals surface area contributed by atoms with E-state index in [-0.39, 0.29) is 11.3 Å². The van der Waals surface area contributed by atoms with Crippen LogP contribution in [0.4, 0.5) is 5.69 Å². The molecule has 7 heteroatoms. The molecule has 0 spiro atoms. The molecule has 1 aromatic rings. The summed E-state index contributed by atoms with van der Waals surface area (Å²) in [5.41, 5.74) is 0.983. The van der Waals surface area contributed by atoms with Crippen molar-refractivity contribution in [3.63, 3.8) is 0 Å². The molecule has 21 heavy (non-hydrogen) atoms. The van der Waals surface area contributed by atoms with Gasteiger partial charge in [-0.3, -0.25) is 0 Å². The standard InChI is InChI=1S/C14H15NO6/c1-8-6-9(4-5-10(8)13(17)18)15-11(14(19)21-3)7-12(16)20-2/h4-7,15H,1-3H3,(H,17,18)/b11-7+.